The Kier molecular flexibility index (Phi) is 4.56. The fraction of sp³-hybridized carbons (Fsp3) is 0.200. The van der Waals surface area contributed by atoms with Crippen molar-refractivity contribution in [3.8, 4) is 11.4 Å². The number of hydrogen-bond donors (Lipinski definition) is 1. The van der Waals surface area contributed by atoms with E-state index >= 15 is 0 Å². The monoisotopic (exact) mass is 349 g/mol. The average molecular weight is 349 g/mol. The molecular weight excluding hydrogens is 334 g/mol. The lowest BCUT2D eigenvalue weighted by Gasteiger charge is -2.02. The normalized spacial score (nSPS) is 11.7. The molecule has 2 heterocycles. The van der Waals surface area contributed by atoms with Gasteiger partial charge in [0.15, 0.2) is 0 Å². The molecule has 0 aliphatic carbocycles. The third-order valence-electron chi connectivity index (χ3n) is 3.14. The number of nitrogens with zero attached hydrogens (tertiary/aromatic N) is 2. The molecule has 0 spiro atoms. The summed E-state index contributed by atoms with van der Waals surface area (Å²) >= 11 is 1.18. The van der Waals surface area contributed by atoms with Crippen LogP contribution in [0.4, 0.5) is 0 Å². The Morgan fingerprint density at radius 3 is 2.87 bits per heavy atom. The Hall–Kier alpha value is -2.03. The summed E-state index contributed by atoms with van der Waals surface area (Å²) in [4.78, 5) is 4.29. The van der Waals surface area contributed by atoms with Crippen molar-refractivity contribution in [3.05, 3.63) is 53.2 Å². The standard InChI is InChI=1S/C15H15N3O3S2/c1-11-4-2-5-12(10-11)15-17-13(21-18-15)7-8-16-23(19,20)14-6-3-9-22-14/h2-6,9-10,16H,7-8H2,1H3. The number of benzene rings is 1. The number of hydrogen-bond acceptors (Lipinski definition) is 6. The van der Waals surface area contributed by atoms with E-state index in [4.69, 9.17) is 4.52 Å². The summed E-state index contributed by atoms with van der Waals surface area (Å²) in [7, 11) is -3.46. The maximum absolute atomic E-state index is 12.0. The molecule has 3 aromatic rings. The molecule has 120 valence electrons. The summed E-state index contributed by atoms with van der Waals surface area (Å²) in [5, 5.41) is 5.65. The molecule has 0 saturated heterocycles. The molecule has 0 saturated carbocycles. The maximum atomic E-state index is 12.0. The van der Waals surface area contributed by atoms with Gasteiger partial charge in [0.25, 0.3) is 0 Å². The van der Waals surface area contributed by atoms with Crippen molar-refractivity contribution in [2.75, 3.05) is 6.54 Å². The Morgan fingerprint density at radius 2 is 2.13 bits per heavy atom. The van der Waals surface area contributed by atoms with Crippen molar-refractivity contribution >= 4 is 21.4 Å². The molecule has 0 aliphatic heterocycles. The minimum atomic E-state index is -3.46. The molecule has 0 atom stereocenters. The van der Waals surface area contributed by atoms with Crippen molar-refractivity contribution in [2.45, 2.75) is 17.6 Å². The first-order chi connectivity index (χ1) is 11.0. The van der Waals surface area contributed by atoms with Crippen LogP contribution in [-0.4, -0.2) is 25.1 Å². The molecule has 0 fully saturated rings. The highest BCUT2D eigenvalue weighted by molar-refractivity contribution is 7.91. The van der Waals surface area contributed by atoms with Crippen LogP contribution in [0.15, 0.2) is 50.5 Å². The van der Waals surface area contributed by atoms with E-state index in [1.807, 2.05) is 31.2 Å². The molecule has 8 heteroatoms. The third-order valence-corrected chi connectivity index (χ3v) is 5.99. The fourth-order valence-corrected chi connectivity index (χ4v) is 4.11. The van der Waals surface area contributed by atoms with E-state index in [-0.39, 0.29) is 6.54 Å². The van der Waals surface area contributed by atoms with Crippen molar-refractivity contribution < 1.29 is 12.9 Å². The highest BCUT2D eigenvalue weighted by atomic mass is 32.2. The first-order valence-electron chi connectivity index (χ1n) is 6.97. The first kappa shape index (κ1) is 15.9. The van der Waals surface area contributed by atoms with Gasteiger partial charge in [-0.2, -0.15) is 4.98 Å². The van der Waals surface area contributed by atoms with E-state index in [0.29, 0.717) is 22.3 Å². The number of aromatic nitrogens is 2. The molecule has 0 amide bonds. The van der Waals surface area contributed by atoms with Gasteiger partial charge in [-0.3, -0.25) is 0 Å². The van der Waals surface area contributed by atoms with E-state index in [2.05, 4.69) is 14.9 Å². The second-order valence-corrected chi connectivity index (χ2v) is 7.90. The van der Waals surface area contributed by atoms with E-state index in [1.165, 1.54) is 11.3 Å². The predicted octanol–water partition coefficient (Wildman–Crippen LogP) is 2.63. The van der Waals surface area contributed by atoms with E-state index in [0.717, 1.165) is 11.1 Å². The Balaban J connectivity index is 1.62. The molecule has 23 heavy (non-hydrogen) atoms. The Labute approximate surface area is 138 Å². The van der Waals surface area contributed by atoms with Crippen molar-refractivity contribution in [1.82, 2.24) is 14.9 Å². The van der Waals surface area contributed by atoms with Crippen LogP contribution in [0.1, 0.15) is 11.5 Å². The van der Waals surface area contributed by atoms with Crippen LogP contribution in [0.25, 0.3) is 11.4 Å². The van der Waals surface area contributed by atoms with Gasteiger partial charge in [0.05, 0.1) is 0 Å². The summed E-state index contributed by atoms with van der Waals surface area (Å²) in [5.74, 6) is 0.903. The van der Waals surface area contributed by atoms with E-state index in [1.54, 1.807) is 17.5 Å². The number of sulfonamides is 1. The second-order valence-electron chi connectivity index (χ2n) is 4.96. The first-order valence-corrected chi connectivity index (χ1v) is 9.34. The quantitative estimate of drug-likeness (QED) is 0.739. The zero-order valence-electron chi connectivity index (χ0n) is 12.4. The molecule has 6 nitrogen and oxygen atoms in total. The van der Waals surface area contributed by atoms with Gasteiger partial charge in [0, 0.05) is 18.5 Å². The van der Waals surface area contributed by atoms with Gasteiger partial charge in [-0.25, -0.2) is 13.1 Å². The van der Waals surface area contributed by atoms with Crippen LogP contribution in [-0.2, 0) is 16.4 Å². The lowest BCUT2D eigenvalue weighted by molar-refractivity contribution is 0.379. The van der Waals surface area contributed by atoms with Gasteiger partial charge < -0.3 is 4.52 Å². The smallest absolute Gasteiger partial charge is 0.250 e. The van der Waals surface area contributed by atoms with Gasteiger partial charge in [-0.15, -0.1) is 11.3 Å². The van der Waals surface area contributed by atoms with Gasteiger partial charge in [0.2, 0.25) is 21.7 Å². The molecule has 3 rings (SSSR count). The topological polar surface area (TPSA) is 85.1 Å². The van der Waals surface area contributed by atoms with Crippen LogP contribution >= 0.6 is 11.3 Å². The van der Waals surface area contributed by atoms with Crippen LogP contribution in [0.5, 0.6) is 0 Å². The second kappa shape index (κ2) is 6.61. The summed E-state index contributed by atoms with van der Waals surface area (Å²) in [6, 6.07) is 11.1. The lowest BCUT2D eigenvalue weighted by atomic mass is 10.1. The van der Waals surface area contributed by atoms with Gasteiger partial charge >= 0.3 is 0 Å². The zero-order valence-corrected chi connectivity index (χ0v) is 14.0. The molecule has 2 aromatic heterocycles. The van der Waals surface area contributed by atoms with E-state index < -0.39 is 10.0 Å². The lowest BCUT2D eigenvalue weighted by Crippen LogP contribution is -2.25. The summed E-state index contributed by atoms with van der Waals surface area (Å²) in [5.41, 5.74) is 1.98. The molecule has 0 bridgehead atoms. The zero-order chi connectivity index (χ0) is 16.3. The number of aryl methyl sites for hydroxylation is 1. The van der Waals surface area contributed by atoms with Crippen molar-refractivity contribution in [3.63, 3.8) is 0 Å². The Bertz CT molecular complexity index is 886. The summed E-state index contributed by atoms with van der Waals surface area (Å²) < 4.78 is 31.9. The highest BCUT2D eigenvalue weighted by Crippen LogP contribution is 2.17. The van der Waals surface area contributed by atoms with Gasteiger partial charge in [-0.1, -0.05) is 35.0 Å². The summed E-state index contributed by atoms with van der Waals surface area (Å²) in [6.45, 7) is 2.19. The molecule has 1 aromatic carbocycles. The predicted molar refractivity (Wildman–Crippen MR) is 87.7 cm³/mol. The highest BCUT2D eigenvalue weighted by Gasteiger charge is 2.15. The van der Waals surface area contributed by atoms with Gasteiger partial charge in [-0.05, 0) is 24.4 Å². The summed E-state index contributed by atoms with van der Waals surface area (Å²) in [6.07, 6.45) is 0.337. The minimum absolute atomic E-state index is 0.204. The molecule has 1 N–H and O–H groups in total. The fourth-order valence-electron chi connectivity index (χ4n) is 2.04. The number of thiophene rings is 1. The molecule has 0 aliphatic rings. The number of rotatable bonds is 6. The minimum Gasteiger partial charge on any atom is -0.339 e. The van der Waals surface area contributed by atoms with Crippen LogP contribution in [0.2, 0.25) is 0 Å². The average Bonchev–Trinajstić information content (AvgIpc) is 3.19. The largest absolute Gasteiger partial charge is 0.339 e. The Morgan fingerprint density at radius 1 is 1.26 bits per heavy atom. The molecular formula is C15H15N3O3S2. The SMILES string of the molecule is Cc1cccc(-c2noc(CCNS(=O)(=O)c3cccs3)n2)c1. The maximum Gasteiger partial charge on any atom is 0.250 e. The van der Waals surface area contributed by atoms with Crippen LogP contribution in [0, 0.1) is 6.92 Å². The third kappa shape index (κ3) is 3.84. The number of nitrogens with one attached hydrogen (secondary N) is 1. The molecule has 0 radical (unpaired) electrons. The van der Waals surface area contributed by atoms with Gasteiger partial charge in [0.1, 0.15) is 4.21 Å². The van der Waals surface area contributed by atoms with E-state index in [9.17, 15) is 8.42 Å². The van der Waals surface area contributed by atoms with Crippen molar-refractivity contribution in [1.29, 1.82) is 0 Å². The molecule has 0 unspecified atom stereocenters. The van der Waals surface area contributed by atoms with Crippen molar-refractivity contribution in [2.24, 2.45) is 0 Å². The van der Waals surface area contributed by atoms with Crippen LogP contribution in [0.3, 0.4) is 0 Å². The van der Waals surface area contributed by atoms with Crippen LogP contribution < -0.4 is 4.72 Å².